The standard InChI is InChI=1S/C23H20N3O.C18H24NSi.Ir/c1-4-26-20-11-6-5-10-19(20)24-22(26)17-9-7-8-15-16-12-13-18(14(2)3)25-23(16)27-21(15)17;1-14(2)11-16-12-17(15-9-7-6-8-10-15)19-13-18(16)20(3,4)5;/h5-8,10-14H,4H2,1-3H3;6-9,12-14H,11H2,1-5H3;/q2*-1;. The van der Waals surface area contributed by atoms with Crippen molar-refractivity contribution in [1.29, 1.82) is 0 Å². The van der Waals surface area contributed by atoms with Crippen molar-refractivity contribution < 1.29 is 24.5 Å². The predicted molar refractivity (Wildman–Crippen MR) is 199 cm³/mol. The monoisotopic (exact) mass is 829 g/mol. The van der Waals surface area contributed by atoms with Gasteiger partial charge in [-0.1, -0.05) is 82.0 Å². The third kappa shape index (κ3) is 7.24. The summed E-state index contributed by atoms with van der Waals surface area (Å²) in [6, 6.07) is 33.4. The summed E-state index contributed by atoms with van der Waals surface area (Å²) in [5, 5.41) is 3.57. The molecule has 7 heteroatoms. The van der Waals surface area contributed by atoms with Gasteiger partial charge in [-0.15, -0.1) is 54.1 Å². The number of nitrogens with zero attached hydrogens (tertiary/aromatic N) is 4. The van der Waals surface area contributed by atoms with Crippen LogP contribution >= 0.6 is 0 Å². The minimum absolute atomic E-state index is 0. The molecule has 0 unspecified atom stereocenters. The summed E-state index contributed by atoms with van der Waals surface area (Å²) >= 11 is 0. The molecule has 5 nitrogen and oxygen atoms in total. The Balaban J connectivity index is 0.000000193. The molecule has 0 aliphatic heterocycles. The molecule has 0 bridgehead atoms. The van der Waals surface area contributed by atoms with Crippen LogP contribution in [0.25, 0.3) is 55.7 Å². The molecule has 4 heterocycles. The Morgan fingerprint density at radius 3 is 2.31 bits per heavy atom. The van der Waals surface area contributed by atoms with Crippen molar-refractivity contribution in [2.45, 2.75) is 73.1 Å². The molecule has 0 spiro atoms. The summed E-state index contributed by atoms with van der Waals surface area (Å²) in [6.07, 6.45) is 3.24. The van der Waals surface area contributed by atoms with Crippen molar-refractivity contribution >= 4 is 46.4 Å². The Hall–Kier alpha value is -3.90. The third-order valence-corrected chi connectivity index (χ3v) is 10.6. The maximum Gasteiger partial charge on any atom is 0.216 e. The molecular formula is C41H44IrN4OSi-2. The van der Waals surface area contributed by atoms with Crippen LogP contribution in [-0.4, -0.2) is 27.6 Å². The number of aromatic nitrogens is 4. The molecule has 3 aromatic carbocycles. The molecule has 4 aromatic heterocycles. The number of para-hydroxylation sites is 2. The van der Waals surface area contributed by atoms with E-state index in [1.807, 2.05) is 48.5 Å². The Bertz CT molecular complexity index is 2160. The summed E-state index contributed by atoms with van der Waals surface area (Å²) < 4.78 is 8.44. The molecule has 48 heavy (non-hydrogen) atoms. The SMILES string of the molecule is CC(C)Cc1cc(-c2[c-]cccc2)ncc1[Si](C)(C)C.CCn1c(-c2[c-]ccc3c2oc2nc(C(C)C)ccc23)nc2ccccc21.[Ir]. The van der Waals surface area contributed by atoms with Crippen molar-refractivity contribution in [3.63, 3.8) is 0 Å². The zero-order valence-electron chi connectivity index (χ0n) is 29.2. The van der Waals surface area contributed by atoms with E-state index in [1.165, 1.54) is 10.8 Å². The first-order valence-corrected chi connectivity index (χ1v) is 20.2. The van der Waals surface area contributed by atoms with Crippen molar-refractivity contribution in [1.82, 2.24) is 19.5 Å². The van der Waals surface area contributed by atoms with Gasteiger partial charge in [-0.2, -0.15) is 0 Å². The average molecular weight is 829 g/mol. The number of imidazole rings is 1. The summed E-state index contributed by atoms with van der Waals surface area (Å²) in [5.74, 6) is 1.91. The van der Waals surface area contributed by atoms with Gasteiger partial charge >= 0.3 is 0 Å². The van der Waals surface area contributed by atoms with Crippen LogP contribution < -0.4 is 5.19 Å². The van der Waals surface area contributed by atoms with Gasteiger partial charge in [0.2, 0.25) is 5.71 Å². The average Bonchev–Trinajstić information content (AvgIpc) is 3.62. The predicted octanol–water partition coefficient (Wildman–Crippen LogP) is 10.2. The Kier molecular flexibility index (Phi) is 10.8. The number of fused-ring (bicyclic) bond motifs is 4. The number of benzene rings is 3. The maximum absolute atomic E-state index is 6.23. The van der Waals surface area contributed by atoms with Gasteiger partial charge < -0.3 is 14.0 Å². The molecule has 0 aliphatic rings. The van der Waals surface area contributed by atoms with E-state index in [1.54, 1.807) is 0 Å². The van der Waals surface area contributed by atoms with E-state index in [-0.39, 0.29) is 20.1 Å². The number of furan rings is 1. The van der Waals surface area contributed by atoms with Crippen LogP contribution in [0, 0.1) is 18.1 Å². The molecule has 0 atom stereocenters. The summed E-state index contributed by atoms with van der Waals surface area (Å²) in [4.78, 5) is 14.3. The van der Waals surface area contributed by atoms with E-state index >= 15 is 0 Å². The van der Waals surface area contributed by atoms with Gasteiger partial charge in [0, 0.05) is 43.9 Å². The molecule has 7 aromatic rings. The van der Waals surface area contributed by atoms with E-state index in [0.717, 1.165) is 68.7 Å². The van der Waals surface area contributed by atoms with E-state index < -0.39 is 8.07 Å². The van der Waals surface area contributed by atoms with Gasteiger partial charge in [-0.3, -0.25) is 4.98 Å². The molecule has 0 N–H and O–H groups in total. The van der Waals surface area contributed by atoms with Crippen LogP contribution in [0.4, 0.5) is 0 Å². The quantitative estimate of drug-likeness (QED) is 0.119. The van der Waals surface area contributed by atoms with Crippen LogP contribution in [0.5, 0.6) is 0 Å². The van der Waals surface area contributed by atoms with Crippen molar-refractivity contribution in [2.24, 2.45) is 5.92 Å². The normalized spacial score (nSPS) is 11.7. The molecule has 249 valence electrons. The fourth-order valence-corrected chi connectivity index (χ4v) is 7.78. The van der Waals surface area contributed by atoms with E-state index in [4.69, 9.17) is 14.4 Å². The summed E-state index contributed by atoms with van der Waals surface area (Å²) in [5.41, 5.74) is 9.10. The largest absolute Gasteiger partial charge is 0.486 e. The van der Waals surface area contributed by atoms with Gasteiger partial charge in [-0.05, 0) is 60.3 Å². The van der Waals surface area contributed by atoms with Crippen molar-refractivity contribution in [2.75, 3.05) is 0 Å². The fourth-order valence-electron chi connectivity index (χ4n) is 6.19. The first-order chi connectivity index (χ1) is 22.5. The number of hydrogen-bond acceptors (Lipinski definition) is 4. The Labute approximate surface area is 299 Å². The first-order valence-electron chi connectivity index (χ1n) is 16.7. The number of aryl methyl sites for hydroxylation is 1. The van der Waals surface area contributed by atoms with Gasteiger partial charge in [0.05, 0.1) is 30.5 Å². The molecule has 7 rings (SSSR count). The fraction of sp³-hybridized carbons (Fsp3) is 0.293. The smallest absolute Gasteiger partial charge is 0.216 e. The van der Waals surface area contributed by atoms with Crippen LogP contribution in [-0.2, 0) is 33.1 Å². The van der Waals surface area contributed by atoms with E-state index in [9.17, 15) is 0 Å². The Morgan fingerprint density at radius 2 is 1.62 bits per heavy atom. The second kappa shape index (κ2) is 14.7. The van der Waals surface area contributed by atoms with Crippen molar-refractivity contribution in [3.8, 4) is 22.6 Å². The van der Waals surface area contributed by atoms with Crippen LogP contribution in [0.2, 0.25) is 19.6 Å². The van der Waals surface area contributed by atoms with Crippen LogP contribution in [0.3, 0.4) is 0 Å². The maximum atomic E-state index is 6.23. The second-order valence-electron chi connectivity index (χ2n) is 14.0. The van der Waals surface area contributed by atoms with Crippen LogP contribution in [0.1, 0.15) is 51.8 Å². The van der Waals surface area contributed by atoms with Gasteiger partial charge in [-0.25, -0.2) is 4.98 Å². The molecule has 0 fully saturated rings. The van der Waals surface area contributed by atoms with Crippen LogP contribution in [0.15, 0.2) is 89.5 Å². The topological polar surface area (TPSA) is 56.7 Å². The molecule has 1 radical (unpaired) electrons. The Morgan fingerprint density at radius 1 is 0.854 bits per heavy atom. The van der Waals surface area contributed by atoms with E-state index in [0.29, 0.717) is 17.5 Å². The molecule has 0 amide bonds. The molecule has 0 aliphatic carbocycles. The second-order valence-corrected chi connectivity index (χ2v) is 19.0. The van der Waals surface area contributed by atoms with Gasteiger partial charge in [0.15, 0.2) is 0 Å². The number of pyridine rings is 2. The summed E-state index contributed by atoms with van der Waals surface area (Å²) in [7, 11) is -1.34. The van der Waals surface area contributed by atoms with Gasteiger partial charge in [0.1, 0.15) is 0 Å². The minimum atomic E-state index is -1.34. The summed E-state index contributed by atoms with van der Waals surface area (Å²) in [6.45, 7) is 19.0. The molecule has 0 saturated heterocycles. The minimum Gasteiger partial charge on any atom is -0.486 e. The van der Waals surface area contributed by atoms with Crippen molar-refractivity contribution in [3.05, 3.63) is 108 Å². The molecular weight excluding hydrogens is 785 g/mol. The zero-order chi connectivity index (χ0) is 33.3. The first kappa shape index (κ1) is 35.4. The van der Waals surface area contributed by atoms with Gasteiger partial charge in [0.25, 0.3) is 0 Å². The number of hydrogen-bond donors (Lipinski definition) is 0. The molecule has 0 saturated carbocycles. The zero-order valence-corrected chi connectivity index (χ0v) is 32.6. The number of rotatable bonds is 7. The van der Waals surface area contributed by atoms with E-state index in [2.05, 4.69) is 112 Å². The third-order valence-electron chi connectivity index (χ3n) is 8.52.